The number of carbonyl (C=O) groups excluding carboxylic acids is 1. The van der Waals surface area contributed by atoms with Gasteiger partial charge < -0.3 is 14.4 Å². The summed E-state index contributed by atoms with van der Waals surface area (Å²) in [4.78, 5) is 8.89. The number of hydrogen-bond acceptors (Lipinski definition) is 2. The Morgan fingerprint density at radius 3 is 2.00 bits per heavy atom. The van der Waals surface area contributed by atoms with E-state index in [0.717, 1.165) is 6.92 Å². The van der Waals surface area contributed by atoms with E-state index >= 15 is 0 Å². The second-order valence-corrected chi connectivity index (χ2v) is 5.50. The molecule has 3 heteroatoms. The first-order valence-electron chi connectivity index (χ1n) is 7.59. The third-order valence-corrected chi connectivity index (χ3v) is 3.70. The van der Waals surface area contributed by atoms with Crippen LogP contribution in [-0.4, -0.2) is 36.6 Å². The molecule has 0 atom stereocenters. The van der Waals surface area contributed by atoms with Gasteiger partial charge in [-0.05, 0) is 45.4 Å². The van der Waals surface area contributed by atoms with Crippen molar-refractivity contribution in [3.05, 3.63) is 0 Å². The van der Waals surface area contributed by atoms with E-state index in [1.165, 1.54) is 75.6 Å². The Hall–Kier alpha value is -0.570. The Balaban J connectivity index is 0.000000631. The lowest BCUT2D eigenvalue weighted by atomic mass is 10.1. The van der Waals surface area contributed by atoms with Crippen LogP contribution in [0.25, 0.3) is 0 Å². The van der Waals surface area contributed by atoms with Crippen molar-refractivity contribution in [3.8, 4) is 0 Å². The van der Waals surface area contributed by atoms with Crippen molar-refractivity contribution in [1.29, 1.82) is 0 Å². The van der Waals surface area contributed by atoms with Gasteiger partial charge in [0.1, 0.15) is 0 Å². The highest BCUT2D eigenvalue weighted by Gasteiger charge is 2.27. The minimum atomic E-state index is -1.08. The number of unbranched alkanes of at least 4 members (excludes halogenated alkanes) is 2. The maximum atomic E-state index is 8.89. The minimum Gasteiger partial charge on any atom is -0.550 e. The van der Waals surface area contributed by atoms with Crippen LogP contribution >= 0.6 is 0 Å². The van der Waals surface area contributed by atoms with Crippen LogP contribution in [0.4, 0.5) is 0 Å². The highest BCUT2D eigenvalue weighted by molar-refractivity contribution is 5.60. The monoisotopic (exact) mass is 257 g/mol. The summed E-state index contributed by atoms with van der Waals surface area (Å²) in [5.41, 5.74) is 0. The Morgan fingerprint density at radius 1 is 1.00 bits per heavy atom. The van der Waals surface area contributed by atoms with Crippen molar-refractivity contribution >= 4 is 5.97 Å². The normalized spacial score (nSPS) is 17.7. The van der Waals surface area contributed by atoms with Crippen LogP contribution in [0.2, 0.25) is 0 Å². The van der Waals surface area contributed by atoms with Crippen molar-refractivity contribution in [2.24, 2.45) is 0 Å². The van der Waals surface area contributed by atoms with Crippen LogP contribution in [-0.2, 0) is 4.79 Å². The molecule has 0 bridgehead atoms. The first-order valence-corrected chi connectivity index (χ1v) is 7.59. The Morgan fingerprint density at radius 2 is 1.56 bits per heavy atom. The number of rotatable bonds is 6. The maximum absolute atomic E-state index is 8.89. The lowest BCUT2D eigenvalue weighted by molar-refractivity contribution is -0.932. The predicted molar refractivity (Wildman–Crippen MR) is 74.1 cm³/mol. The van der Waals surface area contributed by atoms with E-state index < -0.39 is 5.97 Å². The van der Waals surface area contributed by atoms with Gasteiger partial charge in [0.05, 0.1) is 26.2 Å². The molecule has 0 unspecified atom stereocenters. The highest BCUT2D eigenvalue weighted by Crippen LogP contribution is 2.20. The molecule has 1 rings (SSSR count). The molecule has 0 N–H and O–H groups in total. The summed E-state index contributed by atoms with van der Waals surface area (Å²) in [5, 5.41) is 8.89. The van der Waals surface area contributed by atoms with Gasteiger partial charge in [0, 0.05) is 5.97 Å². The standard InChI is InChI=1S/C13H28N.C2H4O2/c1-3-5-7-11-14(10-4-2)12-8-6-9-13-14;1-2(3)4/h3-13H2,1-2H3;1H3,(H,3,4)/q+1;/p-1. The van der Waals surface area contributed by atoms with Gasteiger partial charge >= 0.3 is 0 Å². The van der Waals surface area contributed by atoms with Crippen LogP contribution in [0, 0.1) is 0 Å². The van der Waals surface area contributed by atoms with Gasteiger partial charge in [0.25, 0.3) is 0 Å². The zero-order valence-electron chi connectivity index (χ0n) is 12.5. The van der Waals surface area contributed by atoms with Crippen molar-refractivity contribution in [2.75, 3.05) is 26.2 Å². The van der Waals surface area contributed by atoms with E-state index in [2.05, 4.69) is 13.8 Å². The van der Waals surface area contributed by atoms with Crippen LogP contribution in [0.15, 0.2) is 0 Å². The summed E-state index contributed by atoms with van der Waals surface area (Å²) in [6.45, 7) is 11.5. The summed E-state index contributed by atoms with van der Waals surface area (Å²) in [5.74, 6) is -1.08. The first-order chi connectivity index (χ1) is 8.56. The van der Waals surface area contributed by atoms with Gasteiger partial charge in [0.15, 0.2) is 0 Å². The zero-order chi connectivity index (χ0) is 13.9. The molecule has 0 spiro atoms. The maximum Gasteiger partial charge on any atom is 0.0786 e. The number of nitrogens with zero attached hydrogens (tertiary/aromatic N) is 1. The molecule has 1 heterocycles. The summed E-state index contributed by atoms with van der Waals surface area (Å²) in [6, 6.07) is 0. The number of carboxylic acids is 1. The van der Waals surface area contributed by atoms with E-state index in [-0.39, 0.29) is 0 Å². The molecule has 1 aliphatic rings. The van der Waals surface area contributed by atoms with E-state index in [4.69, 9.17) is 9.90 Å². The molecule has 0 aromatic heterocycles. The first kappa shape index (κ1) is 17.4. The van der Waals surface area contributed by atoms with Gasteiger partial charge in [0.2, 0.25) is 0 Å². The van der Waals surface area contributed by atoms with E-state index in [1.54, 1.807) is 0 Å². The fourth-order valence-electron chi connectivity index (χ4n) is 2.91. The van der Waals surface area contributed by atoms with Gasteiger partial charge in [-0.1, -0.05) is 20.3 Å². The number of quaternary nitrogens is 1. The largest absolute Gasteiger partial charge is 0.550 e. The van der Waals surface area contributed by atoms with Crippen molar-refractivity contribution in [2.45, 2.75) is 65.7 Å². The van der Waals surface area contributed by atoms with E-state index in [1.807, 2.05) is 0 Å². The van der Waals surface area contributed by atoms with Gasteiger partial charge in [-0.3, -0.25) is 0 Å². The molecule has 0 amide bonds. The third-order valence-electron chi connectivity index (χ3n) is 3.70. The van der Waals surface area contributed by atoms with Crippen LogP contribution in [0.1, 0.15) is 65.7 Å². The number of aliphatic carboxylic acids is 1. The molecule has 0 aromatic rings. The topological polar surface area (TPSA) is 40.1 Å². The third kappa shape index (κ3) is 8.51. The molecule has 0 radical (unpaired) electrons. The average molecular weight is 257 g/mol. The highest BCUT2D eigenvalue weighted by atomic mass is 16.4. The number of piperidine rings is 1. The van der Waals surface area contributed by atoms with Gasteiger partial charge in [-0.25, -0.2) is 0 Å². The molecule has 108 valence electrons. The fraction of sp³-hybridized carbons (Fsp3) is 0.933. The van der Waals surface area contributed by atoms with E-state index in [0.29, 0.717) is 0 Å². The SMILES string of the molecule is CC(=O)[O-].CCCCC[N+]1(CCC)CCCCC1. The predicted octanol–water partition coefficient (Wildman–Crippen LogP) is 2.34. The van der Waals surface area contributed by atoms with E-state index in [9.17, 15) is 0 Å². The minimum absolute atomic E-state index is 0.972. The summed E-state index contributed by atoms with van der Waals surface area (Å²) < 4.78 is 1.45. The molecule has 0 aliphatic carbocycles. The lowest BCUT2D eigenvalue weighted by Crippen LogP contribution is -2.52. The molecule has 0 aromatic carbocycles. The Bertz CT molecular complexity index is 201. The molecular formula is C15H31NO2. The van der Waals surface area contributed by atoms with Crippen LogP contribution in [0.5, 0.6) is 0 Å². The smallest absolute Gasteiger partial charge is 0.0786 e. The molecule has 1 fully saturated rings. The second-order valence-electron chi connectivity index (χ2n) is 5.50. The fourth-order valence-corrected chi connectivity index (χ4v) is 2.91. The molecule has 18 heavy (non-hydrogen) atoms. The lowest BCUT2D eigenvalue weighted by Gasteiger charge is -2.41. The number of carbonyl (C=O) groups is 1. The molecule has 0 saturated carbocycles. The molecule has 3 nitrogen and oxygen atoms in total. The molecule has 1 saturated heterocycles. The second kappa shape index (κ2) is 10.4. The zero-order valence-corrected chi connectivity index (χ0v) is 12.5. The van der Waals surface area contributed by atoms with Crippen molar-refractivity contribution in [3.63, 3.8) is 0 Å². The Kier molecular flexibility index (Phi) is 10.0. The molecule has 1 aliphatic heterocycles. The van der Waals surface area contributed by atoms with Gasteiger partial charge in [-0.15, -0.1) is 0 Å². The summed E-state index contributed by atoms with van der Waals surface area (Å²) in [6.07, 6.45) is 10.1. The quantitative estimate of drug-likeness (QED) is 0.541. The number of carboxylic acid groups (broad SMARTS) is 1. The average Bonchev–Trinajstić information content (AvgIpc) is 2.30. The van der Waals surface area contributed by atoms with Gasteiger partial charge in [-0.2, -0.15) is 0 Å². The van der Waals surface area contributed by atoms with Crippen molar-refractivity contribution < 1.29 is 14.4 Å². The summed E-state index contributed by atoms with van der Waals surface area (Å²) in [7, 11) is 0. The van der Waals surface area contributed by atoms with Crippen molar-refractivity contribution in [1.82, 2.24) is 0 Å². The number of likely N-dealkylation sites (tertiary alicyclic amines) is 1. The number of hydrogen-bond donors (Lipinski definition) is 0. The Labute approximate surface area is 113 Å². The molecular weight excluding hydrogens is 226 g/mol. The summed E-state index contributed by atoms with van der Waals surface area (Å²) >= 11 is 0. The van der Waals surface area contributed by atoms with Crippen LogP contribution in [0.3, 0.4) is 0 Å². The van der Waals surface area contributed by atoms with Crippen LogP contribution < -0.4 is 5.11 Å².